The summed E-state index contributed by atoms with van der Waals surface area (Å²) >= 11 is 1.77. The van der Waals surface area contributed by atoms with E-state index >= 15 is 0 Å². The molecule has 0 fully saturated rings. The molecule has 0 aliphatic heterocycles. The molecule has 0 radical (unpaired) electrons. The first-order chi connectivity index (χ1) is 9.35. The largest absolute Gasteiger partial charge is 0.306 e. The molecule has 0 bridgehead atoms. The minimum absolute atomic E-state index is 0.226. The van der Waals surface area contributed by atoms with Crippen molar-refractivity contribution in [1.29, 1.82) is 0 Å². The van der Waals surface area contributed by atoms with Gasteiger partial charge >= 0.3 is 0 Å². The topological polar surface area (TPSA) is 24.9 Å². The predicted octanol–water partition coefficient (Wildman–Crippen LogP) is 3.89. The average molecular weight is 272 g/mol. The fourth-order valence-corrected chi connectivity index (χ4v) is 2.47. The van der Waals surface area contributed by atoms with E-state index in [1.165, 1.54) is 16.0 Å². The number of hydrogen-bond donors (Lipinski definition) is 1. The van der Waals surface area contributed by atoms with E-state index in [0.29, 0.717) is 0 Å². The summed E-state index contributed by atoms with van der Waals surface area (Å²) in [5.74, 6) is 0. The first-order valence-corrected chi connectivity index (χ1v) is 7.85. The van der Waals surface area contributed by atoms with Crippen molar-refractivity contribution in [3.05, 3.63) is 59.9 Å². The van der Waals surface area contributed by atoms with Gasteiger partial charge < -0.3 is 5.32 Å². The molecule has 3 heteroatoms. The number of rotatable bonds is 6. The third-order valence-corrected chi connectivity index (χ3v) is 3.81. The average Bonchev–Trinajstić information content (AvgIpc) is 2.49. The molecule has 1 aromatic carbocycles. The van der Waals surface area contributed by atoms with Crippen LogP contribution in [0.25, 0.3) is 0 Å². The van der Waals surface area contributed by atoms with Crippen molar-refractivity contribution in [2.75, 3.05) is 12.8 Å². The van der Waals surface area contributed by atoms with Crippen molar-refractivity contribution >= 4 is 11.8 Å². The highest BCUT2D eigenvalue weighted by Gasteiger charge is 2.12. The predicted molar refractivity (Wildman–Crippen MR) is 82.6 cm³/mol. The Morgan fingerprint density at radius 3 is 2.53 bits per heavy atom. The van der Waals surface area contributed by atoms with E-state index in [9.17, 15) is 0 Å². The summed E-state index contributed by atoms with van der Waals surface area (Å²) in [6, 6.07) is 13.1. The molecule has 19 heavy (non-hydrogen) atoms. The van der Waals surface area contributed by atoms with Crippen LogP contribution in [0.1, 0.15) is 30.5 Å². The minimum Gasteiger partial charge on any atom is -0.306 e. The number of hydrogen-bond acceptors (Lipinski definition) is 3. The SMILES string of the molecule is CCCNC(c1ccc(SC)cc1)c1cccnc1. The maximum atomic E-state index is 4.23. The lowest BCUT2D eigenvalue weighted by atomic mass is 10.00. The first-order valence-electron chi connectivity index (χ1n) is 6.62. The van der Waals surface area contributed by atoms with Gasteiger partial charge in [0.2, 0.25) is 0 Å². The molecule has 1 aromatic heterocycles. The molecule has 0 aliphatic rings. The zero-order valence-electron chi connectivity index (χ0n) is 11.5. The molecular formula is C16H20N2S. The van der Waals surface area contributed by atoms with Gasteiger partial charge in [0, 0.05) is 17.3 Å². The minimum atomic E-state index is 0.226. The second-order valence-corrected chi connectivity index (χ2v) is 5.33. The van der Waals surface area contributed by atoms with Crippen LogP contribution in [0.3, 0.4) is 0 Å². The van der Waals surface area contributed by atoms with Crippen LogP contribution in [0, 0.1) is 0 Å². The lowest BCUT2D eigenvalue weighted by Gasteiger charge is -2.19. The smallest absolute Gasteiger partial charge is 0.0591 e. The van der Waals surface area contributed by atoms with Gasteiger partial charge in [-0.05, 0) is 48.5 Å². The third-order valence-electron chi connectivity index (χ3n) is 3.07. The number of nitrogens with one attached hydrogen (secondary N) is 1. The summed E-state index contributed by atoms with van der Waals surface area (Å²) in [5.41, 5.74) is 2.51. The summed E-state index contributed by atoms with van der Waals surface area (Å²) < 4.78 is 0. The van der Waals surface area contributed by atoms with E-state index in [1.807, 2.05) is 18.5 Å². The van der Waals surface area contributed by atoms with Gasteiger partial charge in [0.15, 0.2) is 0 Å². The molecule has 2 aromatic rings. The Bertz CT molecular complexity index is 482. The lowest BCUT2D eigenvalue weighted by molar-refractivity contribution is 0.597. The van der Waals surface area contributed by atoms with Gasteiger partial charge in [0.1, 0.15) is 0 Å². The van der Waals surface area contributed by atoms with E-state index in [4.69, 9.17) is 0 Å². The first kappa shape index (κ1) is 14.1. The Morgan fingerprint density at radius 2 is 1.95 bits per heavy atom. The molecule has 2 nitrogen and oxygen atoms in total. The highest BCUT2D eigenvalue weighted by atomic mass is 32.2. The van der Waals surface area contributed by atoms with Crippen molar-refractivity contribution in [2.45, 2.75) is 24.3 Å². The zero-order valence-corrected chi connectivity index (χ0v) is 12.3. The van der Waals surface area contributed by atoms with Crippen LogP contribution in [0.15, 0.2) is 53.7 Å². The molecular weight excluding hydrogens is 252 g/mol. The molecule has 0 spiro atoms. The van der Waals surface area contributed by atoms with Crippen LogP contribution in [-0.2, 0) is 0 Å². The molecule has 1 heterocycles. The second-order valence-electron chi connectivity index (χ2n) is 4.45. The van der Waals surface area contributed by atoms with E-state index in [2.05, 4.69) is 53.8 Å². The Morgan fingerprint density at radius 1 is 1.16 bits per heavy atom. The van der Waals surface area contributed by atoms with Crippen molar-refractivity contribution in [1.82, 2.24) is 10.3 Å². The van der Waals surface area contributed by atoms with Crippen LogP contribution < -0.4 is 5.32 Å². The number of thioether (sulfide) groups is 1. The number of aromatic nitrogens is 1. The highest BCUT2D eigenvalue weighted by molar-refractivity contribution is 7.98. The highest BCUT2D eigenvalue weighted by Crippen LogP contribution is 2.24. The van der Waals surface area contributed by atoms with E-state index in [0.717, 1.165) is 13.0 Å². The van der Waals surface area contributed by atoms with Crippen LogP contribution in [0.4, 0.5) is 0 Å². The van der Waals surface area contributed by atoms with Gasteiger partial charge in [-0.1, -0.05) is 25.1 Å². The van der Waals surface area contributed by atoms with Crippen molar-refractivity contribution in [2.24, 2.45) is 0 Å². The molecule has 0 amide bonds. The van der Waals surface area contributed by atoms with E-state index in [-0.39, 0.29) is 6.04 Å². The van der Waals surface area contributed by atoms with Gasteiger partial charge in [0.25, 0.3) is 0 Å². The van der Waals surface area contributed by atoms with Gasteiger partial charge in [-0.2, -0.15) is 0 Å². The van der Waals surface area contributed by atoms with Gasteiger partial charge in [-0.3, -0.25) is 4.98 Å². The molecule has 1 N–H and O–H groups in total. The number of pyridine rings is 1. The van der Waals surface area contributed by atoms with Crippen LogP contribution in [0.5, 0.6) is 0 Å². The molecule has 0 saturated heterocycles. The standard InChI is InChI=1S/C16H20N2S/c1-3-10-18-16(14-5-4-11-17-12-14)13-6-8-15(19-2)9-7-13/h4-9,11-12,16,18H,3,10H2,1-2H3. The Kier molecular flexibility index (Phi) is 5.43. The summed E-state index contributed by atoms with van der Waals surface area (Å²) in [6.07, 6.45) is 6.98. The summed E-state index contributed by atoms with van der Waals surface area (Å²) in [5, 5.41) is 3.59. The maximum Gasteiger partial charge on any atom is 0.0591 e. The van der Waals surface area contributed by atoms with Gasteiger partial charge in [0.05, 0.1) is 6.04 Å². The molecule has 0 aliphatic carbocycles. The molecule has 0 saturated carbocycles. The van der Waals surface area contributed by atoms with Crippen LogP contribution in [0.2, 0.25) is 0 Å². The monoisotopic (exact) mass is 272 g/mol. The summed E-state index contributed by atoms with van der Waals surface area (Å²) in [4.78, 5) is 5.52. The Balaban J connectivity index is 2.26. The van der Waals surface area contributed by atoms with Gasteiger partial charge in [-0.15, -0.1) is 11.8 Å². The maximum absolute atomic E-state index is 4.23. The Hall–Kier alpha value is -1.32. The second kappa shape index (κ2) is 7.31. The molecule has 2 rings (SSSR count). The Labute approximate surface area is 119 Å². The van der Waals surface area contributed by atoms with Crippen molar-refractivity contribution in [3.63, 3.8) is 0 Å². The number of nitrogens with zero attached hydrogens (tertiary/aromatic N) is 1. The van der Waals surface area contributed by atoms with Gasteiger partial charge in [-0.25, -0.2) is 0 Å². The number of benzene rings is 1. The van der Waals surface area contributed by atoms with Crippen molar-refractivity contribution in [3.8, 4) is 0 Å². The fraction of sp³-hybridized carbons (Fsp3) is 0.312. The zero-order chi connectivity index (χ0) is 13.5. The summed E-state index contributed by atoms with van der Waals surface area (Å²) in [7, 11) is 0. The van der Waals surface area contributed by atoms with Crippen molar-refractivity contribution < 1.29 is 0 Å². The molecule has 1 unspecified atom stereocenters. The normalized spacial score (nSPS) is 12.3. The summed E-state index contributed by atoms with van der Waals surface area (Å²) in [6.45, 7) is 3.19. The third kappa shape index (κ3) is 3.82. The van der Waals surface area contributed by atoms with E-state index in [1.54, 1.807) is 11.8 Å². The lowest BCUT2D eigenvalue weighted by Crippen LogP contribution is -2.23. The quantitative estimate of drug-likeness (QED) is 0.807. The van der Waals surface area contributed by atoms with Crippen LogP contribution in [-0.4, -0.2) is 17.8 Å². The van der Waals surface area contributed by atoms with Crippen LogP contribution >= 0.6 is 11.8 Å². The molecule has 100 valence electrons. The van der Waals surface area contributed by atoms with E-state index < -0.39 is 0 Å². The molecule has 1 atom stereocenters. The fourth-order valence-electron chi connectivity index (χ4n) is 2.06.